The molecule has 0 aliphatic rings. The Balaban J connectivity index is 1.74. The van der Waals surface area contributed by atoms with Gasteiger partial charge in [0, 0.05) is 24.3 Å². The second-order valence-corrected chi connectivity index (χ2v) is 10.6. The number of carbonyl (C=O) groups excluding carboxylic acids is 2. The molecule has 0 unspecified atom stereocenters. The number of benzene rings is 2. The Morgan fingerprint density at radius 3 is 2.28 bits per heavy atom. The van der Waals surface area contributed by atoms with E-state index in [2.05, 4.69) is 10.6 Å². The summed E-state index contributed by atoms with van der Waals surface area (Å²) in [5.74, 6) is -0.745. The number of rotatable bonds is 7. The predicted octanol–water partition coefficient (Wildman–Crippen LogP) is 4.94. The molecular formula is C22H22ClN3O4S2. The van der Waals surface area contributed by atoms with Crippen LogP contribution in [-0.4, -0.2) is 37.6 Å². The third kappa shape index (κ3) is 5.36. The van der Waals surface area contributed by atoms with E-state index < -0.39 is 15.9 Å². The molecule has 0 saturated carbocycles. The van der Waals surface area contributed by atoms with E-state index in [1.807, 2.05) is 0 Å². The highest BCUT2D eigenvalue weighted by atomic mass is 35.5. The number of amides is 2. The van der Waals surface area contributed by atoms with Gasteiger partial charge >= 0.3 is 0 Å². The lowest BCUT2D eigenvalue weighted by atomic mass is 10.1. The van der Waals surface area contributed by atoms with Crippen molar-refractivity contribution in [2.45, 2.75) is 24.8 Å². The highest BCUT2D eigenvalue weighted by Crippen LogP contribution is 2.25. The SMILES string of the molecule is CC(C)N(C)S(=O)(=O)c1ccc(NC(=O)c2ccc(Cl)c(NC(=O)c3cccs3)c2)cc1. The summed E-state index contributed by atoms with van der Waals surface area (Å²) in [5.41, 5.74) is 1.03. The minimum atomic E-state index is -3.61. The second-order valence-electron chi connectivity index (χ2n) is 7.22. The number of anilines is 2. The highest BCUT2D eigenvalue weighted by molar-refractivity contribution is 7.89. The van der Waals surface area contributed by atoms with Crippen molar-refractivity contribution in [3.63, 3.8) is 0 Å². The molecule has 0 spiro atoms. The summed E-state index contributed by atoms with van der Waals surface area (Å²) >= 11 is 7.46. The van der Waals surface area contributed by atoms with E-state index in [1.54, 1.807) is 31.4 Å². The van der Waals surface area contributed by atoms with Crippen LogP contribution < -0.4 is 10.6 Å². The minimum absolute atomic E-state index is 0.136. The van der Waals surface area contributed by atoms with Crippen LogP contribution in [0.25, 0.3) is 0 Å². The summed E-state index contributed by atoms with van der Waals surface area (Å²) in [6.45, 7) is 3.57. The van der Waals surface area contributed by atoms with Gasteiger partial charge in [0.1, 0.15) is 0 Å². The van der Waals surface area contributed by atoms with Crippen LogP contribution in [0.4, 0.5) is 11.4 Å². The van der Waals surface area contributed by atoms with Crippen LogP contribution in [0, 0.1) is 0 Å². The average molecular weight is 492 g/mol. The number of nitrogens with zero attached hydrogens (tertiary/aromatic N) is 1. The van der Waals surface area contributed by atoms with E-state index in [1.165, 1.54) is 65.2 Å². The number of nitrogens with one attached hydrogen (secondary N) is 2. The van der Waals surface area contributed by atoms with Gasteiger partial charge in [-0.1, -0.05) is 17.7 Å². The van der Waals surface area contributed by atoms with Crippen LogP contribution >= 0.6 is 22.9 Å². The van der Waals surface area contributed by atoms with Gasteiger partial charge < -0.3 is 10.6 Å². The fourth-order valence-electron chi connectivity index (χ4n) is 2.71. The largest absolute Gasteiger partial charge is 0.322 e. The third-order valence-corrected chi connectivity index (χ3v) is 7.98. The Labute approximate surface area is 196 Å². The summed E-state index contributed by atoms with van der Waals surface area (Å²) in [7, 11) is -2.09. The van der Waals surface area contributed by atoms with Crippen LogP contribution in [0.3, 0.4) is 0 Å². The highest BCUT2D eigenvalue weighted by Gasteiger charge is 2.23. The Morgan fingerprint density at radius 2 is 1.69 bits per heavy atom. The fourth-order valence-corrected chi connectivity index (χ4v) is 4.86. The molecular weight excluding hydrogens is 470 g/mol. The van der Waals surface area contributed by atoms with Crippen molar-refractivity contribution in [1.82, 2.24) is 4.31 Å². The van der Waals surface area contributed by atoms with Gasteiger partial charge in [-0.25, -0.2) is 8.42 Å². The summed E-state index contributed by atoms with van der Waals surface area (Å²) in [4.78, 5) is 25.6. The van der Waals surface area contributed by atoms with Crippen molar-refractivity contribution < 1.29 is 18.0 Å². The Morgan fingerprint density at radius 1 is 1.00 bits per heavy atom. The fraction of sp³-hybridized carbons (Fsp3) is 0.182. The summed E-state index contributed by atoms with van der Waals surface area (Å²) in [6, 6.07) is 13.8. The predicted molar refractivity (Wildman–Crippen MR) is 128 cm³/mol. The molecule has 2 aromatic carbocycles. The molecule has 0 atom stereocenters. The molecule has 7 nitrogen and oxygen atoms in total. The van der Waals surface area contributed by atoms with Gasteiger partial charge in [-0.15, -0.1) is 11.3 Å². The summed E-state index contributed by atoms with van der Waals surface area (Å²) in [6.07, 6.45) is 0. The van der Waals surface area contributed by atoms with Crippen LogP contribution in [0.15, 0.2) is 64.9 Å². The lowest BCUT2D eigenvalue weighted by molar-refractivity contribution is 0.101. The van der Waals surface area contributed by atoms with Gasteiger partial charge in [-0.2, -0.15) is 4.31 Å². The molecule has 10 heteroatoms. The van der Waals surface area contributed by atoms with Gasteiger partial charge in [0.25, 0.3) is 11.8 Å². The molecule has 0 aliphatic heterocycles. The van der Waals surface area contributed by atoms with Crippen molar-refractivity contribution in [1.29, 1.82) is 0 Å². The zero-order valence-corrected chi connectivity index (χ0v) is 20.0. The van der Waals surface area contributed by atoms with E-state index in [-0.39, 0.29) is 22.4 Å². The zero-order valence-electron chi connectivity index (χ0n) is 17.6. The minimum Gasteiger partial charge on any atom is -0.322 e. The summed E-state index contributed by atoms with van der Waals surface area (Å²) < 4.78 is 26.4. The first-order valence-corrected chi connectivity index (χ1v) is 12.3. The number of hydrogen-bond acceptors (Lipinski definition) is 5. The van der Waals surface area contributed by atoms with E-state index in [4.69, 9.17) is 11.6 Å². The van der Waals surface area contributed by atoms with Crippen LogP contribution in [0.5, 0.6) is 0 Å². The zero-order chi connectivity index (χ0) is 23.5. The van der Waals surface area contributed by atoms with E-state index in [0.717, 1.165) is 0 Å². The number of hydrogen-bond donors (Lipinski definition) is 2. The molecule has 0 bridgehead atoms. The van der Waals surface area contributed by atoms with E-state index >= 15 is 0 Å². The standard InChI is InChI=1S/C22H22ClN3O4S2/c1-14(2)26(3)32(29,30)17-9-7-16(8-10-17)24-21(27)15-6-11-18(23)19(13-15)25-22(28)20-5-4-12-31-20/h4-14H,1-3H3,(H,24,27)(H,25,28). The van der Waals surface area contributed by atoms with Crippen molar-refractivity contribution in [2.24, 2.45) is 0 Å². The van der Waals surface area contributed by atoms with Gasteiger partial charge in [0.15, 0.2) is 0 Å². The quantitative estimate of drug-likeness (QED) is 0.489. The van der Waals surface area contributed by atoms with Gasteiger partial charge in [-0.05, 0) is 67.8 Å². The van der Waals surface area contributed by atoms with Gasteiger partial charge in [0.05, 0.1) is 20.5 Å². The molecule has 0 aliphatic carbocycles. The third-order valence-electron chi connectivity index (χ3n) is 4.74. The Bertz CT molecular complexity index is 1220. The maximum atomic E-state index is 12.7. The maximum absolute atomic E-state index is 12.7. The van der Waals surface area contributed by atoms with Crippen LogP contribution in [0.2, 0.25) is 5.02 Å². The number of sulfonamides is 1. The molecule has 0 saturated heterocycles. The Kier molecular flexibility index (Phi) is 7.35. The molecule has 1 aromatic heterocycles. The van der Waals surface area contributed by atoms with Crippen LogP contribution in [-0.2, 0) is 10.0 Å². The topological polar surface area (TPSA) is 95.6 Å². The first kappa shape index (κ1) is 23.9. The molecule has 2 N–H and O–H groups in total. The molecule has 1 heterocycles. The van der Waals surface area contributed by atoms with Crippen LogP contribution in [0.1, 0.15) is 33.9 Å². The van der Waals surface area contributed by atoms with Crippen molar-refractivity contribution in [3.8, 4) is 0 Å². The monoisotopic (exact) mass is 491 g/mol. The van der Waals surface area contributed by atoms with Crippen molar-refractivity contribution in [2.75, 3.05) is 17.7 Å². The molecule has 3 aromatic rings. The lowest BCUT2D eigenvalue weighted by Crippen LogP contribution is -2.33. The van der Waals surface area contributed by atoms with Crippen molar-refractivity contribution in [3.05, 3.63) is 75.4 Å². The first-order chi connectivity index (χ1) is 15.1. The second kappa shape index (κ2) is 9.83. The van der Waals surface area contributed by atoms with Gasteiger partial charge in [-0.3, -0.25) is 9.59 Å². The molecule has 3 rings (SSSR count). The molecule has 0 fully saturated rings. The smallest absolute Gasteiger partial charge is 0.265 e. The lowest BCUT2D eigenvalue weighted by Gasteiger charge is -2.21. The first-order valence-electron chi connectivity index (χ1n) is 9.63. The molecule has 168 valence electrons. The molecule has 0 radical (unpaired) electrons. The molecule has 32 heavy (non-hydrogen) atoms. The maximum Gasteiger partial charge on any atom is 0.265 e. The Hall–Kier alpha value is -2.72. The normalized spacial score (nSPS) is 11.6. The average Bonchev–Trinajstić information content (AvgIpc) is 3.30. The van der Waals surface area contributed by atoms with E-state index in [9.17, 15) is 18.0 Å². The van der Waals surface area contributed by atoms with Crippen molar-refractivity contribution >= 4 is 56.2 Å². The number of thiophene rings is 1. The molecule has 2 amide bonds. The number of halogens is 1. The van der Waals surface area contributed by atoms with Gasteiger partial charge in [0.2, 0.25) is 10.0 Å². The number of carbonyl (C=O) groups is 2. The van der Waals surface area contributed by atoms with E-state index in [0.29, 0.717) is 21.3 Å². The summed E-state index contributed by atoms with van der Waals surface area (Å²) in [5, 5.41) is 7.51.